The highest BCUT2D eigenvalue weighted by molar-refractivity contribution is 7.92. The first kappa shape index (κ1) is 30.5. The number of carbonyl (C=O) groups is 2. The van der Waals surface area contributed by atoms with Crippen LogP contribution >= 0.6 is 23.2 Å². The van der Waals surface area contributed by atoms with Gasteiger partial charge in [-0.1, -0.05) is 73.4 Å². The van der Waals surface area contributed by atoms with Crippen molar-refractivity contribution in [3.8, 4) is 0 Å². The zero-order valence-electron chi connectivity index (χ0n) is 22.4. The fourth-order valence-corrected chi connectivity index (χ4v) is 5.67. The third-order valence-electron chi connectivity index (χ3n) is 6.15. The Hall–Kier alpha value is -3.07. The molecular weight excluding hydrogens is 557 g/mol. The van der Waals surface area contributed by atoms with E-state index in [1.54, 1.807) is 68.4 Å². The van der Waals surface area contributed by atoms with Crippen molar-refractivity contribution in [1.82, 2.24) is 10.2 Å². The molecule has 3 aromatic carbocycles. The summed E-state index contributed by atoms with van der Waals surface area (Å²) in [6.07, 6.45) is 0. The number of hydrogen-bond donors (Lipinski definition) is 1. The average molecular weight is 591 g/mol. The maximum absolute atomic E-state index is 13.9. The summed E-state index contributed by atoms with van der Waals surface area (Å²) in [5.41, 5.74) is 1.71. The van der Waals surface area contributed by atoms with Crippen LogP contribution in [0.3, 0.4) is 0 Å². The second-order valence-electron chi connectivity index (χ2n) is 9.72. The Bertz CT molecular complexity index is 1420. The molecule has 208 valence electrons. The van der Waals surface area contributed by atoms with Crippen molar-refractivity contribution in [3.05, 3.63) is 94.0 Å². The van der Waals surface area contributed by atoms with E-state index >= 15 is 0 Å². The van der Waals surface area contributed by atoms with Crippen LogP contribution in [0.1, 0.15) is 31.9 Å². The molecule has 2 amide bonds. The van der Waals surface area contributed by atoms with Gasteiger partial charge in [0.2, 0.25) is 11.8 Å². The average Bonchev–Trinajstić information content (AvgIpc) is 2.90. The smallest absolute Gasteiger partial charge is 0.264 e. The summed E-state index contributed by atoms with van der Waals surface area (Å²) < 4.78 is 28.6. The Labute approximate surface area is 240 Å². The Morgan fingerprint density at radius 2 is 1.62 bits per heavy atom. The van der Waals surface area contributed by atoms with Crippen LogP contribution < -0.4 is 9.62 Å². The minimum absolute atomic E-state index is 0.0265. The van der Waals surface area contributed by atoms with Crippen LogP contribution in [0.4, 0.5) is 5.69 Å². The maximum Gasteiger partial charge on any atom is 0.264 e. The van der Waals surface area contributed by atoms with Gasteiger partial charge in [-0.05, 0) is 67.3 Å². The number of rotatable bonds is 11. The largest absolute Gasteiger partial charge is 0.354 e. The van der Waals surface area contributed by atoms with Gasteiger partial charge in [-0.2, -0.15) is 0 Å². The summed E-state index contributed by atoms with van der Waals surface area (Å²) in [6.45, 7) is 7.33. The predicted molar refractivity (Wildman–Crippen MR) is 156 cm³/mol. The molecule has 1 N–H and O–H groups in total. The molecule has 0 saturated carbocycles. The maximum atomic E-state index is 13.9. The number of anilines is 1. The topological polar surface area (TPSA) is 86.8 Å². The van der Waals surface area contributed by atoms with E-state index in [1.165, 1.54) is 23.1 Å². The van der Waals surface area contributed by atoms with Gasteiger partial charge in [0.1, 0.15) is 12.6 Å². The number of halogens is 2. The van der Waals surface area contributed by atoms with Gasteiger partial charge >= 0.3 is 0 Å². The molecule has 0 heterocycles. The van der Waals surface area contributed by atoms with Gasteiger partial charge in [0.15, 0.2) is 0 Å². The Morgan fingerprint density at radius 1 is 0.923 bits per heavy atom. The number of sulfonamides is 1. The van der Waals surface area contributed by atoms with E-state index < -0.39 is 28.5 Å². The highest BCUT2D eigenvalue weighted by Crippen LogP contribution is 2.28. The summed E-state index contributed by atoms with van der Waals surface area (Å²) >= 11 is 12.5. The summed E-state index contributed by atoms with van der Waals surface area (Å²) in [7, 11) is -4.15. The van der Waals surface area contributed by atoms with Gasteiger partial charge in [0.25, 0.3) is 10.0 Å². The monoisotopic (exact) mass is 589 g/mol. The van der Waals surface area contributed by atoms with Gasteiger partial charge in [-0.3, -0.25) is 13.9 Å². The van der Waals surface area contributed by atoms with Gasteiger partial charge < -0.3 is 10.2 Å². The molecule has 0 radical (unpaired) electrons. The molecule has 0 aliphatic heterocycles. The zero-order valence-corrected chi connectivity index (χ0v) is 24.7. The molecule has 0 aliphatic rings. The normalized spacial score (nSPS) is 12.2. The zero-order chi connectivity index (χ0) is 28.7. The minimum atomic E-state index is -4.15. The SMILES string of the molecule is Cc1ccc(N(CC(=O)N(Cc2cccc(Cl)c2)[C@@H](C)C(=O)NCC(C)C)S(=O)(=O)c2ccccc2)cc1Cl. The Morgan fingerprint density at radius 3 is 2.23 bits per heavy atom. The molecule has 0 saturated heterocycles. The van der Waals surface area contributed by atoms with Crippen LogP contribution in [0.5, 0.6) is 0 Å². The van der Waals surface area contributed by atoms with Crippen molar-refractivity contribution in [2.24, 2.45) is 5.92 Å². The number of benzene rings is 3. The molecule has 3 aromatic rings. The Kier molecular flexibility index (Phi) is 10.4. The van der Waals surface area contributed by atoms with Crippen LogP contribution in [-0.2, 0) is 26.2 Å². The Balaban J connectivity index is 2.03. The number of hydrogen-bond acceptors (Lipinski definition) is 4. The van der Waals surface area contributed by atoms with Crippen LogP contribution in [0, 0.1) is 12.8 Å². The number of aryl methyl sites for hydroxylation is 1. The molecule has 1 atom stereocenters. The fraction of sp³-hybridized carbons (Fsp3) is 0.310. The molecule has 0 aromatic heterocycles. The molecule has 3 rings (SSSR count). The molecule has 0 aliphatic carbocycles. The lowest BCUT2D eigenvalue weighted by Crippen LogP contribution is -2.51. The van der Waals surface area contributed by atoms with Crippen molar-refractivity contribution < 1.29 is 18.0 Å². The second-order valence-corrected chi connectivity index (χ2v) is 12.4. The number of amides is 2. The molecule has 0 fully saturated rings. The lowest BCUT2D eigenvalue weighted by Gasteiger charge is -2.32. The number of nitrogens with one attached hydrogen (secondary N) is 1. The van der Waals surface area contributed by atoms with E-state index in [-0.39, 0.29) is 29.0 Å². The van der Waals surface area contributed by atoms with Gasteiger partial charge in [0, 0.05) is 23.1 Å². The number of nitrogens with zero attached hydrogens (tertiary/aromatic N) is 2. The van der Waals surface area contributed by atoms with Gasteiger partial charge in [0.05, 0.1) is 10.6 Å². The number of carbonyl (C=O) groups excluding carboxylic acids is 2. The summed E-state index contributed by atoms with van der Waals surface area (Å²) in [5, 5.41) is 3.71. The van der Waals surface area contributed by atoms with E-state index in [0.717, 1.165) is 9.87 Å². The van der Waals surface area contributed by atoms with Crippen LogP contribution in [0.15, 0.2) is 77.7 Å². The third-order valence-corrected chi connectivity index (χ3v) is 8.58. The molecule has 39 heavy (non-hydrogen) atoms. The van der Waals surface area contributed by atoms with E-state index in [0.29, 0.717) is 22.2 Å². The summed E-state index contributed by atoms with van der Waals surface area (Å²) in [4.78, 5) is 28.3. The minimum Gasteiger partial charge on any atom is -0.354 e. The lowest BCUT2D eigenvalue weighted by molar-refractivity contribution is -0.139. The van der Waals surface area contributed by atoms with Crippen LogP contribution in [-0.4, -0.2) is 44.3 Å². The van der Waals surface area contributed by atoms with E-state index in [4.69, 9.17) is 23.2 Å². The summed E-state index contributed by atoms with van der Waals surface area (Å²) in [6, 6.07) is 18.8. The van der Waals surface area contributed by atoms with E-state index in [1.807, 2.05) is 13.8 Å². The standard InChI is InChI=1S/C29H33Cl2N3O4S/c1-20(2)17-32-29(36)22(4)33(18-23-9-8-10-24(30)15-23)28(35)19-34(25-14-13-21(3)27(31)16-25)39(37,38)26-11-6-5-7-12-26/h5-16,20,22H,17-19H2,1-4H3,(H,32,36)/t22-/m0/s1. The first-order chi connectivity index (χ1) is 18.4. The van der Waals surface area contributed by atoms with Gasteiger partial charge in [-0.15, -0.1) is 0 Å². The molecule has 0 bridgehead atoms. The highest BCUT2D eigenvalue weighted by Gasteiger charge is 2.32. The summed E-state index contributed by atoms with van der Waals surface area (Å²) in [5.74, 6) is -0.677. The first-order valence-corrected chi connectivity index (χ1v) is 14.7. The molecule has 0 spiro atoms. The molecule has 7 nitrogen and oxygen atoms in total. The third kappa shape index (κ3) is 7.97. The second kappa shape index (κ2) is 13.3. The van der Waals surface area contributed by atoms with Crippen molar-refractivity contribution in [3.63, 3.8) is 0 Å². The lowest BCUT2D eigenvalue weighted by atomic mass is 10.1. The van der Waals surface area contributed by atoms with E-state index in [9.17, 15) is 18.0 Å². The van der Waals surface area contributed by atoms with Crippen molar-refractivity contribution in [2.45, 2.75) is 45.2 Å². The molecular formula is C29H33Cl2N3O4S. The highest BCUT2D eigenvalue weighted by atomic mass is 35.5. The molecule has 0 unspecified atom stereocenters. The van der Waals surface area contributed by atoms with Crippen LogP contribution in [0.2, 0.25) is 10.0 Å². The van der Waals surface area contributed by atoms with E-state index in [2.05, 4.69) is 5.32 Å². The van der Waals surface area contributed by atoms with Gasteiger partial charge in [-0.25, -0.2) is 8.42 Å². The van der Waals surface area contributed by atoms with Crippen molar-refractivity contribution in [2.75, 3.05) is 17.4 Å². The van der Waals surface area contributed by atoms with Crippen molar-refractivity contribution >= 4 is 50.7 Å². The quantitative estimate of drug-likeness (QED) is 0.311. The van der Waals surface area contributed by atoms with Crippen LogP contribution in [0.25, 0.3) is 0 Å². The molecule has 10 heteroatoms. The fourth-order valence-electron chi connectivity index (χ4n) is 3.85. The first-order valence-electron chi connectivity index (χ1n) is 12.6. The predicted octanol–water partition coefficient (Wildman–Crippen LogP) is 5.69. The van der Waals surface area contributed by atoms with Crippen molar-refractivity contribution in [1.29, 1.82) is 0 Å².